The minimum absolute atomic E-state index is 1.78. The van der Waals surface area contributed by atoms with Crippen molar-refractivity contribution in [2.24, 2.45) is 0 Å². The second-order valence-electron chi connectivity index (χ2n) is 6.33. The highest BCUT2D eigenvalue weighted by molar-refractivity contribution is 6.73. The van der Waals surface area contributed by atoms with Crippen LogP contribution in [0.25, 0.3) is 0 Å². The van der Waals surface area contributed by atoms with Gasteiger partial charge in [0.25, 0.3) is 83.6 Å². The van der Waals surface area contributed by atoms with Crippen LogP contribution in [0.4, 0.5) is 0 Å². The summed E-state index contributed by atoms with van der Waals surface area (Å²) in [4.78, 5) is 0. The molecule has 0 aromatic heterocycles. The van der Waals surface area contributed by atoms with E-state index in [0.717, 1.165) is 0 Å². The molecule has 0 radical (unpaired) electrons. The topological polar surface area (TPSA) is 83.1 Å². The van der Waals surface area contributed by atoms with E-state index in [9.17, 15) is 0 Å². The van der Waals surface area contributed by atoms with Crippen molar-refractivity contribution in [2.45, 2.75) is 58.9 Å². The lowest BCUT2D eigenvalue weighted by Crippen LogP contribution is -2.44. The van der Waals surface area contributed by atoms with Crippen LogP contribution in [-0.2, 0) is 37.0 Å². The number of rotatable bonds is 0. The molecule has 0 unspecified atom stereocenters. The van der Waals surface area contributed by atoms with E-state index in [1.807, 2.05) is 58.9 Å². The highest BCUT2D eigenvalue weighted by Gasteiger charge is 2.26. The molecule has 1 rings (SSSR count). The van der Waals surface area contributed by atoms with Crippen molar-refractivity contribution >= 4 is 83.6 Å². The molecule has 1 fully saturated rings. The van der Waals surface area contributed by atoms with E-state index in [1.165, 1.54) is 0 Å². The summed E-state index contributed by atoms with van der Waals surface area (Å²) in [6, 6.07) is 0. The Kier molecular flexibility index (Phi) is 13.6. The Hall–Kier alpha value is 1.59. The Labute approximate surface area is 179 Å². The molecule has 0 amide bonds. The van der Waals surface area contributed by atoms with Crippen molar-refractivity contribution in [3.05, 3.63) is 0 Å². The third kappa shape index (κ3) is 12.8. The van der Waals surface area contributed by atoms with Crippen LogP contribution in [0.3, 0.4) is 0 Å². The maximum atomic E-state index is 6.03. The maximum Gasteiger partial charge on any atom is 0.300 e. The quantitative estimate of drug-likeness (QED) is 0.352. The van der Waals surface area contributed by atoms with Crippen LogP contribution >= 0.6 is 0 Å². The molecule has 1 aliphatic heterocycles. The highest BCUT2D eigenvalue weighted by Crippen LogP contribution is 2.07. The lowest BCUT2D eigenvalue weighted by molar-refractivity contribution is 0.297. The summed E-state index contributed by atoms with van der Waals surface area (Å²) < 4.78 is 54.3. The van der Waals surface area contributed by atoms with Crippen molar-refractivity contribution in [2.75, 3.05) is 0 Å². The zero-order chi connectivity index (χ0) is 20.6. The molecule has 0 N–H and O–H groups in total. The molecule has 162 valence electrons. The molecule has 0 spiro atoms. The lowest BCUT2D eigenvalue weighted by Gasteiger charge is -2.28. The van der Waals surface area contributed by atoms with Crippen molar-refractivity contribution < 1.29 is 37.0 Å². The molecule has 0 bridgehead atoms. The summed E-state index contributed by atoms with van der Waals surface area (Å²) in [6.07, 6.45) is 0. The van der Waals surface area contributed by atoms with Gasteiger partial charge in [0.2, 0.25) is 0 Å². The molecule has 0 aromatic carbocycles. The molecular weight excluding hydrogens is 505 g/mol. The van der Waals surface area contributed by atoms with Crippen LogP contribution in [0.15, 0.2) is 0 Å². The SMILES string of the molecule is C[SiH]1O[SiH](C)O[SiH](C)O[SiH](C)O[SiH](C)O[SiH](C)O[SiH](C)O[SiH](C)O[SiH](C)O1. The first-order valence-corrected chi connectivity index (χ1v) is 28.3. The van der Waals surface area contributed by atoms with Crippen LogP contribution in [0.5, 0.6) is 0 Å². The highest BCUT2D eigenvalue weighted by atomic mass is 28.5. The molecule has 0 saturated carbocycles. The Morgan fingerprint density at radius 2 is 0.296 bits per heavy atom. The summed E-state index contributed by atoms with van der Waals surface area (Å²) in [6.45, 7) is 18.2. The summed E-state index contributed by atoms with van der Waals surface area (Å²) in [7, 11) is -16.0. The second kappa shape index (κ2) is 13.8. The summed E-state index contributed by atoms with van der Waals surface area (Å²) >= 11 is 0. The van der Waals surface area contributed by atoms with Gasteiger partial charge in [-0.05, 0) is 58.9 Å². The van der Waals surface area contributed by atoms with Gasteiger partial charge in [0.15, 0.2) is 0 Å². The van der Waals surface area contributed by atoms with E-state index < -0.39 is 83.6 Å². The van der Waals surface area contributed by atoms with Gasteiger partial charge in [0, 0.05) is 0 Å². The fraction of sp³-hybridized carbons (Fsp3) is 1.00. The molecular formula is C9H36O9Si9. The molecule has 1 heterocycles. The second-order valence-corrected chi connectivity index (χ2v) is 26.3. The number of hydrogen-bond acceptors (Lipinski definition) is 9. The molecule has 1 aliphatic rings. The molecule has 0 atom stereocenters. The minimum Gasteiger partial charge on any atom is -0.420 e. The minimum atomic E-state index is -1.78. The predicted octanol–water partition coefficient (Wildman–Crippen LogP) is -1.20. The van der Waals surface area contributed by atoms with E-state index in [1.54, 1.807) is 0 Å². The van der Waals surface area contributed by atoms with Gasteiger partial charge in [0.1, 0.15) is 0 Å². The molecule has 0 aromatic rings. The average molecular weight is 541 g/mol. The van der Waals surface area contributed by atoms with Crippen molar-refractivity contribution in [3.8, 4) is 0 Å². The van der Waals surface area contributed by atoms with Crippen LogP contribution in [-0.4, -0.2) is 83.6 Å². The van der Waals surface area contributed by atoms with E-state index in [0.29, 0.717) is 0 Å². The molecule has 18 heteroatoms. The largest absolute Gasteiger partial charge is 0.420 e. The van der Waals surface area contributed by atoms with Crippen molar-refractivity contribution in [1.82, 2.24) is 0 Å². The van der Waals surface area contributed by atoms with Crippen LogP contribution in [0, 0.1) is 0 Å². The van der Waals surface area contributed by atoms with E-state index in [4.69, 9.17) is 37.0 Å². The average Bonchev–Trinajstić information content (AvgIpc) is 2.43. The van der Waals surface area contributed by atoms with Gasteiger partial charge in [-0.15, -0.1) is 0 Å². The van der Waals surface area contributed by atoms with Gasteiger partial charge in [-0.25, -0.2) is 0 Å². The van der Waals surface area contributed by atoms with Crippen LogP contribution in [0.2, 0.25) is 58.9 Å². The van der Waals surface area contributed by atoms with E-state index in [-0.39, 0.29) is 0 Å². The molecule has 9 nitrogen and oxygen atoms in total. The van der Waals surface area contributed by atoms with Crippen molar-refractivity contribution in [1.29, 1.82) is 0 Å². The van der Waals surface area contributed by atoms with Gasteiger partial charge < -0.3 is 37.0 Å². The third-order valence-electron chi connectivity index (χ3n) is 3.45. The standard InChI is InChI=1S/C9H36O9Si9/c1-19-10-20(2)12-22(4)14-24(6)16-26(8)18-27(9)17-25(7)15-23(5)13-21(3)11-19/h19-27H,1-9H3. The molecule has 1 saturated heterocycles. The van der Waals surface area contributed by atoms with E-state index >= 15 is 0 Å². The lowest BCUT2D eigenvalue weighted by atomic mass is 11.9. The Bertz CT molecular complexity index is 283. The normalized spacial score (nSPS) is 45.0. The smallest absolute Gasteiger partial charge is 0.300 e. The molecule has 0 aliphatic carbocycles. The summed E-state index contributed by atoms with van der Waals surface area (Å²) in [5.74, 6) is 0. The fourth-order valence-electron chi connectivity index (χ4n) is 2.72. The van der Waals surface area contributed by atoms with Gasteiger partial charge in [-0.2, -0.15) is 0 Å². The Balaban J connectivity index is 2.72. The summed E-state index contributed by atoms with van der Waals surface area (Å²) in [5.41, 5.74) is 0. The first-order chi connectivity index (χ1) is 12.5. The Morgan fingerprint density at radius 3 is 0.370 bits per heavy atom. The van der Waals surface area contributed by atoms with Gasteiger partial charge >= 0.3 is 0 Å². The molecule has 27 heavy (non-hydrogen) atoms. The van der Waals surface area contributed by atoms with Gasteiger partial charge in [0.05, 0.1) is 0 Å². The first-order valence-electron chi connectivity index (χ1n) is 9.44. The summed E-state index contributed by atoms with van der Waals surface area (Å²) in [5, 5.41) is 0. The van der Waals surface area contributed by atoms with Crippen molar-refractivity contribution in [3.63, 3.8) is 0 Å². The van der Waals surface area contributed by atoms with Crippen LogP contribution < -0.4 is 0 Å². The monoisotopic (exact) mass is 540 g/mol. The van der Waals surface area contributed by atoms with Gasteiger partial charge in [-0.1, -0.05) is 0 Å². The zero-order valence-electron chi connectivity index (χ0n) is 17.9. The van der Waals surface area contributed by atoms with Crippen LogP contribution in [0.1, 0.15) is 0 Å². The fourth-order valence-corrected chi connectivity index (χ4v) is 29.7. The third-order valence-corrected chi connectivity index (χ3v) is 31.0. The van der Waals surface area contributed by atoms with E-state index in [2.05, 4.69) is 0 Å². The maximum absolute atomic E-state index is 6.03. The number of hydrogen-bond donors (Lipinski definition) is 0. The Morgan fingerprint density at radius 1 is 0.222 bits per heavy atom. The first kappa shape index (κ1) is 26.6. The predicted molar refractivity (Wildman–Crippen MR) is 127 cm³/mol. The van der Waals surface area contributed by atoms with Gasteiger partial charge in [-0.3, -0.25) is 0 Å². The zero-order valence-corrected chi connectivity index (χ0v) is 28.3.